The molecule has 2 heterocycles. The molecule has 3 aromatic carbocycles. The normalized spacial score (nSPS) is 11.9. The number of anilines is 1. The Kier molecular flexibility index (Phi) is 5.55. The van der Waals surface area contributed by atoms with E-state index < -0.39 is 0 Å². The number of carbonyl (C=O) groups excluding carboxylic acids is 1. The number of fused-ring (bicyclic) bond motifs is 1. The summed E-state index contributed by atoms with van der Waals surface area (Å²) in [6.07, 6.45) is 4.25. The zero-order valence-corrected chi connectivity index (χ0v) is 18.0. The third-order valence-electron chi connectivity index (χ3n) is 5.62. The quantitative estimate of drug-likeness (QED) is 0.391. The summed E-state index contributed by atoms with van der Waals surface area (Å²) in [5.74, 6) is 0.880. The van der Waals surface area contributed by atoms with E-state index in [1.54, 1.807) is 25.3 Å². The van der Waals surface area contributed by atoms with E-state index in [2.05, 4.69) is 54.8 Å². The molecule has 5 aromatic rings. The molecule has 0 aliphatic carbocycles. The molecule has 0 radical (unpaired) electrons. The molecule has 33 heavy (non-hydrogen) atoms. The number of benzene rings is 3. The highest BCUT2D eigenvalue weighted by Gasteiger charge is 2.20. The van der Waals surface area contributed by atoms with Crippen molar-refractivity contribution in [1.29, 1.82) is 0 Å². The smallest absolute Gasteiger partial charge is 0.226 e. The Balaban J connectivity index is 1.44. The number of ether oxygens (including phenoxy) is 1. The van der Waals surface area contributed by atoms with Crippen LogP contribution in [0.1, 0.15) is 18.0 Å². The largest absolute Gasteiger partial charge is 0.496 e. The lowest BCUT2D eigenvalue weighted by molar-refractivity contribution is -0.116. The van der Waals surface area contributed by atoms with E-state index in [1.807, 2.05) is 42.7 Å². The zero-order chi connectivity index (χ0) is 22.6. The summed E-state index contributed by atoms with van der Waals surface area (Å²) in [4.78, 5) is 13.2. The van der Waals surface area contributed by atoms with E-state index in [4.69, 9.17) is 4.74 Å². The fraction of sp³-hybridized carbons (Fsp3) is 0.120. The second-order valence-corrected chi connectivity index (χ2v) is 7.62. The summed E-state index contributed by atoms with van der Waals surface area (Å²) in [7, 11) is 1.57. The van der Waals surface area contributed by atoms with Crippen LogP contribution in [0.25, 0.3) is 22.2 Å². The number of nitrogens with zero attached hydrogens (tertiary/aromatic N) is 4. The van der Waals surface area contributed by atoms with Crippen LogP contribution in [0.15, 0.2) is 85.2 Å². The van der Waals surface area contributed by atoms with Gasteiger partial charge < -0.3 is 14.6 Å². The van der Waals surface area contributed by atoms with Crippen molar-refractivity contribution in [2.45, 2.75) is 12.5 Å². The average Bonchev–Trinajstić information content (AvgIpc) is 3.57. The first kappa shape index (κ1) is 20.4. The van der Waals surface area contributed by atoms with Crippen LogP contribution in [0.4, 0.5) is 5.69 Å². The van der Waals surface area contributed by atoms with E-state index in [-0.39, 0.29) is 18.4 Å². The SMILES string of the molecule is COc1ccc(NC(=O)CC(c2cccc3ccccc23)n2cccc2)cc1-c1nn[nH]n1. The van der Waals surface area contributed by atoms with Crippen molar-refractivity contribution in [1.82, 2.24) is 25.2 Å². The molecular weight excluding hydrogens is 416 g/mol. The molecule has 0 saturated carbocycles. The number of nitrogens with one attached hydrogen (secondary N) is 2. The molecule has 5 rings (SSSR count). The van der Waals surface area contributed by atoms with Crippen LogP contribution in [0.5, 0.6) is 5.75 Å². The van der Waals surface area contributed by atoms with Crippen molar-refractivity contribution in [2.24, 2.45) is 0 Å². The topological polar surface area (TPSA) is 97.7 Å². The van der Waals surface area contributed by atoms with E-state index in [0.717, 1.165) is 16.3 Å². The van der Waals surface area contributed by atoms with Gasteiger partial charge in [0.2, 0.25) is 11.7 Å². The minimum atomic E-state index is -0.152. The highest BCUT2D eigenvalue weighted by Crippen LogP contribution is 2.32. The van der Waals surface area contributed by atoms with Crippen LogP contribution < -0.4 is 10.1 Å². The first-order valence-corrected chi connectivity index (χ1v) is 10.5. The van der Waals surface area contributed by atoms with Gasteiger partial charge in [0, 0.05) is 18.1 Å². The molecule has 0 aliphatic rings. The van der Waals surface area contributed by atoms with E-state index in [1.165, 1.54) is 0 Å². The summed E-state index contributed by atoms with van der Waals surface area (Å²) in [5, 5.41) is 19.4. The Morgan fingerprint density at radius 1 is 1.06 bits per heavy atom. The molecule has 0 bridgehead atoms. The van der Waals surface area contributed by atoms with E-state index in [0.29, 0.717) is 22.8 Å². The lowest BCUT2D eigenvalue weighted by atomic mass is 9.96. The first-order chi connectivity index (χ1) is 16.2. The number of hydrogen-bond donors (Lipinski definition) is 2. The van der Waals surface area contributed by atoms with Crippen molar-refractivity contribution in [3.05, 3.63) is 90.8 Å². The highest BCUT2D eigenvalue weighted by molar-refractivity contribution is 5.93. The molecule has 0 aliphatic heterocycles. The lowest BCUT2D eigenvalue weighted by Gasteiger charge is -2.21. The predicted molar refractivity (Wildman–Crippen MR) is 126 cm³/mol. The van der Waals surface area contributed by atoms with E-state index >= 15 is 0 Å². The molecule has 1 unspecified atom stereocenters. The molecule has 0 spiro atoms. The Labute approximate surface area is 190 Å². The Hall–Kier alpha value is -4.46. The maximum Gasteiger partial charge on any atom is 0.226 e. The number of methoxy groups -OCH3 is 1. The fourth-order valence-corrected chi connectivity index (χ4v) is 4.10. The van der Waals surface area contributed by atoms with Gasteiger partial charge in [-0.15, -0.1) is 10.2 Å². The Morgan fingerprint density at radius 3 is 2.67 bits per heavy atom. The van der Waals surface area contributed by atoms with Gasteiger partial charge in [0.15, 0.2) is 0 Å². The minimum absolute atomic E-state index is 0.106. The summed E-state index contributed by atoms with van der Waals surface area (Å²) in [6, 6.07) is 23.6. The van der Waals surface area contributed by atoms with Gasteiger partial charge in [-0.1, -0.05) is 42.5 Å². The summed E-state index contributed by atoms with van der Waals surface area (Å²) in [5.41, 5.74) is 2.37. The molecular formula is C25H22N6O2. The molecule has 1 amide bonds. The Bertz CT molecular complexity index is 1370. The van der Waals surface area contributed by atoms with Gasteiger partial charge in [-0.25, -0.2) is 0 Å². The number of aromatic amines is 1. The number of carbonyl (C=O) groups is 1. The second-order valence-electron chi connectivity index (χ2n) is 7.62. The molecule has 2 N–H and O–H groups in total. The summed E-state index contributed by atoms with van der Waals surface area (Å²) < 4.78 is 7.47. The molecule has 1 atom stereocenters. The van der Waals surface area contributed by atoms with Crippen molar-refractivity contribution >= 4 is 22.4 Å². The Morgan fingerprint density at radius 2 is 1.88 bits per heavy atom. The minimum Gasteiger partial charge on any atom is -0.496 e. The van der Waals surface area contributed by atoms with Gasteiger partial charge in [0.05, 0.1) is 25.1 Å². The molecule has 2 aromatic heterocycles. The molecule has 8 nitrogen and oxygen atoms in total. The first-order valence-electron chi connectivity index (χ1n) is 10.5. The molecule has 164 valence electrons. The third kappa shape index (κ3) is 4.18. The number of H-pyrrole nitrogens is 1. The van der Waals surface area contributed by atoms with Crippen molar-refractivity contribution in [2.75, 3.05) is 12.4 Å². The number of aromatic nitrogens is 5. The monoisotopic (exact) mass is 438 g/mol. The highest BCUT2D eigenvalue weighted by atomic mass is 16.5. The number of hydrogen-bond acceptors (Lipinski definition) is 5. The standard InChI is InChI=1S/C25H22N6O2/c1-33-23-12-11-18(15-21(23)25-27-29-30-28-25)26-24(32)16-22(31-13-4-5-14-31)20-10-6-8-17-7-2-3-9-19(17)20/h2-15,22H,16H2,1H3,(H,26,32)(H,27,28,29,30). The average molecular weight is 438 g/mol. The van der Waals surface area contributed by atoms with E-state index in [9.17, 15) is 4.79 Å². The van der Waals surface area contributed by atoms with Crippen LogP contribution in [0, 0.1) is 0 Å². The van der Waals surface area contributed by atoms with Gasteiger partial charge in [0.1, 0.15) is 5.75 Å². The molecule has 0 saturated heterocycles. The second kappa shape index (κ2) is 8.96. The maximum absolute atomic E-state index is 13.2. The van der Waals surface area contributed by atoms with Gasteiger partial charge >= 0.3 is 0 Å². The zero-order valence-electron chi connectivity index (χ0n) is 18.0. The number of tetrazole rings is 1. The fourth-order valence-electron chi connectivity index (χ4n) is 4.10. The van der Waals surface area contributed by atoms with Gasteiger partial charge in [-0.05, 0) is 51.9 Å². The van der Waals surface area contributed by atoms with Crippen LogP contribution in [-0.2, 0) is 4.79 Å². The van der Waals surface area contributed by atoms with Crippen molar-refractivity contribution < 1.29 is 9.53 Å². The van der Waals surface area contributed by atoms with Crippen LogP contribution >= 0.6 is 0 Å². The molecule has 8 heteroatoms. The van der Waals surface area contributed by atoms with Crippen LogP contribution in [-0.4, -0.2) is 38.2 Å². The lowest BCUT2D eigenvalue weighted by Crippen LogP contribution is -2.20. The van der Waals surface area contributed by atoms with Gasteiger partial charge in [-0.2, -0.15) is 5.21 Å². The third-order valence-corrected chi connectivity index (χ3v) is 5.62. The summed E-state index contributed by atoms with van der Waals surface area (Å²) in [6.45, 7) is 0. The van der Waals surface area contributed by atoms with Crippen molar-refractivity contribution in [3.63, 3.8) is 0 Å². The maximum atomic E-state index is 13.2. The van der Waals surface area contributed by atoms with Crippen LogP contribution in [0.3, 0.4) is 0 Å². The van der Waals surface area contributed by atoms with Gasteiger partial charge in [0.25, 0.3) is 0 Å². The van der Waals surface area contributed by atoms with Crippen LogP contribution in [0.2, 0.25) is 0 Å². The number of rotatable bonds is 7. The predicted octanol–water partition coefficient (Wildman–Crippen LogP) is 4.45. The number of amides is 1. The van der Waals surface area contributed by atoms with Gasteiger partial charge in [-0.3, -0.25) is 4.79 Å². The molecule has 0 fully saturated rings. The summed E-state index contributed by atoms with van der Waals surface area (Å²) >= 11 is 0. The van der Waals surface area contributed by atoms with Crippen molar-refractivity contribution in [3.8, 4) is 17.1 Å².